The molecule has 2 aliphatic rings. The summed E-state index contributed by atoms with van der Waals surface area (Å²) in [6, 6.07) is 18.7. The van der Waals surface area contributed by atoms with Gasteiger partial charge in [0.2, 0.25) is 0 Å². The Kier molecular flexibility index (Phi) is 2.58. The van der Waals surface area contributed by atoms with Crippen LogP contribution in [-0.4, -0.2) is 5.11 Å². The minimum Gasteiger partial charge on any atom is -0.387 e. The summed E-state index contributed by atoms with van der Waals surface area (Å²) in [4.78, 5) is 0. The predicted octanol–water partition coefficient (Wildman–Crippen LogP) is 4.09. The van der Waals surface area contributed by atoms with Gasteiger partial charge in [0, 0.05) is 5.41 Å². The molecule has 1 nitrogen and oxygen atoms in total. The van der Waals surface area contributed by atoms with Crippen LogP contribution in [-0.2, 0) is 5.41 Å². The van der Waals surface area contributed by atoms with E-state index in [0.717, 1.165) is 11.1 Å². The lowest BCUT2D eigenvalue weighted by Crippen LogP contribution is -2.36. The average molecular weight is 262 g/mol. The Hall–Kier alpha value is -1.86. The molecule has 1 saturated carbocycles. The third-order valence-corrected chi connectivity index (χ3v) is 4.81. The van der Waals surface area contributed by atoms with Gasteiger partial charge >= 0.3 is 0 Å². The summed E-state index contributed by atoms with van der Waals surface area (Å²) in [5, 5.41) is 11.1. The fourth-order valence-corrected chi connectivity index (χ4v) is 3.62. The maximum atomic E-state index is 11.1. The number of hydrogen-bond donors (Lipinski definition) is 1. The average Bonchev–Trinajstić information content (AvgIpc) is 3.34. The van der Waals surface area contributed by atoms with Crippen molar-refractivity contribution in [3.05, 3.63) is 77.4 Å². The maximum absolute atomic E-state index is 11.1. The lowest BCUT2D eigenvalue weighted by molar-refractivity contribution is 0.0915. The van der Waals surface area contributed by atoms with Crippen molar-refractivity contribution in [3.8, 4) is 0 Å². The van der Waals surface area contributed by atoms with Gasteiger partial charge in [-0.3, -0.25) is 0 Å². The summed E-state index contributed by atoms with van der Waals surface area (Å²) in [5.74, 6) is 0.560. The zero-order valence-electron chi connectivity index (χ0n) is 11.4. The van der Waals surface area contributed by atoms with Crippen molar-refractivity contribution in [2.75, 3.05) is 0 Å². The molecule has 0 saturated heterocycles. The Morgan fingerprint density at radius 1 is 0.900 bits per heavy atom. The number of hydrogen-bond acceptors (Lipinski definition) is 1. The molecule has 0 spiro atoms. The Bertz CT molecular complexity index is 654. The molecule has 0 radical (unpaired) electrons. The van der Waals surface area contributed by atoms with Crippen molar-refractivity contribution in [2.45, 2.75) is 24.4 Å². The Morgan fingerprint density at radius 3 is 2.35 bits per heavy atom. The lowest BCUT2D eigenvalue weighted by Gasteiger charge is -2.40. The topological polar surface area (TPSA) is 20.2 Å². The first-order chi connectivity index (χ1) is 9.82. The Morgan fingerprint density at radius 2 is 1.60 bits per heavy atom. The second kappa shape index (κ2) is 4.32. The first-order valence-corrected chi connectivity index (χ1v) is 7.34. The van der Waals surface area contributed by atoms with E-state index in [0.29, 0.717) is 5.92 Å². The van der Waals surface area contributed by atoms with E-state index in [1.165, 1.54) is 18.4 Å². The van der Waals surface area contributed by atoms with E-state index in [2.05, 4.69) is 48.6 Å². The lowest BCUT2D eigenvalue weighted by atomic mass is 9.66. The van der Waals surface area contributed by atoms with Crippen LogP contribution in [0, 0.1) is 5.92 Å². The maximum Gasteiger partial charge on any atom is 0.0929 e. The number of fused-ring (bicyclic) bond motifs is 1. The van der Waals surface area contributed by atoms with E-state index in [4.69, 9.17) is 0 Å². The quantitative estimate of drug-likeness (QED) is 0.864. The number of rotatable bonds is 2. The molecule has 0 amide bonds. The molecule has 4 rings (SSSR count). The van der Waals surface area contributed by atoms with Gasteiger partial charge in [-0.15, -0.1) is 0 Å². The van der Waals surface area contributed by atoms with Gasteiger partial charge in [-0.1, -0.05) is 66.7 Å². The van der Waals surface area contributed by atoms with Crippen LogP contribution >= 0.6 is 0 Å². The molecule has 0 aliphatic heterocycles. The Labute approximate surface area is 119 Å². The molecule has 0 bridgehead atoms. The number of aliphatic hydroxyl groups is 1. The highest BCUT2D eigenvalue weighted by Gasteiger charge is 2.51. The number of benzene rings is 2. The van der Waals surface area contributed by atoms with Crippen molar-refractivity contribution in [1.82, 2.24) is 0 Å². The van der Waals surface area contributed by atoms with E-state index in [1.807, 2.05) is 18.2 Å². The molecular weight excluding hydrogens is 244 g/mol. The molecule has 1 heteroatoms. The minimum absolute atomic E-state index is 0.240. The predicted molar refractivity (Wildman–Crippen MR) is 81.3 cm³/mol. The van der Waals surface area contributed by atoms with Crippen molar-refractivity contribution in [2.24, 2.45) is 5.92 Å². The molecule has 0 heterocycles. The van der Waals surface area contributed by atoms with E-state index >= 15 is 0 Å². The van der Waals surface area contributed by atoms with Gasteiger partial charge in [0.25, 0.3) is 0 Å². The van der Waals surface area contributed by atoms with Crippen molar-refractivity contribution >= 4 is 6.08 Å². The largest absolute Gasteiger partial charge is 0.387 e. The van der Waals surface area contributed by atoms with Crippen LogP contribution in [0.1, 0.15) is 35.6 Å². The first-order valence-electron chi connectivity index (χ1n) is 7.34. The van der Waals surface area contributed by atoms with Crippen LogP contribution in [0.5, 0.6) is 0 Å². The van der Waals surface area contributed by atoms with Crippen molar-refractivity contribution in [1.29, 1.82) is 0 Å². The summed E-state index contributed by atoms with van der Waals surface area (Å²) >= 11 is 0. The van der Waals surface area contributed by atoms with Crippen LogP contribution in [0.4, 0.5) is 0 Å². The van der Waals surface area contributed by atoms with E-state index in [1.54, 1.807) is 0 Å². The summed E-state index contributed by atoms with van der Waals surface area (Å²) in [5.41, 5.74) is 3.20. The van der Waals surface area contributed by atoms with Crippen LogP contribution < -0.4 is 0 Å². The highest BCUT2D eigenvalue weighted by molar-refractivity contribution is 5.62. The number of aliphatic hydroxyl groups excluding tert-OH is 1. The standard InChI is InChI=1S/C19H18O/c20-18-17-9-5-4-6-14(17)12-13-19(18,16-10-11-16)15-7-2-1-3-8-15/h1-9,12-13,16,18,20H,10-11H2. The second-order valence-electron chi connectivity index (χ2n) is 5.94. The van der Waals surface area contributed by atoms with Gasteiger partial charge < -0.3 is 5.11 Å². The molecule has 2 atom stereocenters. The third-order valence-electron chi connectivity index (χ3n) is 4.81. The molecule has 2 aliphatic carbocycles. The zero-order chi connectivity index (χ0) is 13.6. The van der Waals surface area contributed by atoms with Gasteiger partial charge in [0.05, 0.1) is 6.10 Å². The summed E-state index contributed by atoms with van der Waals surface area (Å²) in [6.07, 6.45) is 6.40. The van der Waals surface area contributed by atoms with Crippen molar-refractivity contribution < 1.29 is 5.11 Å². The highest BCUT2D eigenvalue weighted by Crippen LogP contribution is 2.56. The smallest absolute Gasteiger partial charge is 0.0929 e. The summed E-state index contributed by atoms with van der Waals surface area (Å²) in [6.45, 7) is 0. The van der Waals surface area contributed by atoms with Crippen LogP contribution in [0.2, 0.25) is 0 Å². The molecule has 1 N–H and O–H groups in total. The Balaban J connectivity index is 1.91. The molecule has 2 aromatic rings. The fraction of sp³-hybridized carbons (Fsp3) is 0.263. The molecule has 20 heavy (non-hydrogen) atoms. The second-order valence-corrected chi connectivity index (χ2v) is 5.94. The molecule has 100 valence electrons. The molecule has 2 aromatic carbocycles. The molecule has 0 aromatic heterocycles. The molecule has 2 unspecified atom stereocenters. The van der Waals surface area contributed by atoms with Crippen LogP contribution in [0.15, 0.2) is 60.7 Å². The summed E-state index contributed by atoms with van der Waals surface area (Å²) in [7, 11) is 0. The minimum atomic E-state index is -0.446. The highest BCUT2D eigenvalue weighted by atomic mass is 16.3. The van der Waals surface area contributed by atoms with E-state index in [9.17, 15) is 5.11 Å². The normalized spacial score (nSPS) is 28.1. The van der Waals surface area contributed by atoms with Crippen molar-refractivity contribution in [3.63, 3.8) is 0 Å². The van der Waals surface area contributed by atoms with E-state index in [-0.39, 0.29) is 5.41 Å². The van der Waals surface area contributed by atoms with Gasteiger partial charge in [-0.2, -0.15) is 0 Å². The van der Waals surface area contributed by atoms with Crippen LogP contribution in [0.3, 0.4) is 0 Å². The monoisotopic (exact) mass is 262 g/mol. The first kappa shape index (κ1) is 11.9. The van der Waals surface area contributed by atoms with E-state index < -0.39 is 6.10 Å². The van der Waals surface area contributed by atoms with Gasteiger partial charge in [-0.05, 0) is 35.4 Å². The van der Waals surface area contributed by atoms with Gasteiger partial charge in [0.15, 0.2) is 0 Å². The zero-order valence-corrected chi connectivity index (χ0v) is 11.4. The molecular formula is C19H18O. The van der Waals surface area contributed by atoms with Crippen LogP contribution in [0.25, 0.3) is 6.08 Å². The summed E-state index contributed by atoms with van der Waals surface area (Å²) < 4.78 is 0. The fourth-order valence-electron chi connectivity index (χ4n) is 3.62. The third kappa shape index (κ3) is 1.60. The molecule has 1 fully saturated rings. The van der Waals surface area contributed by atoms with Gasteiger partial charge in [-0.25, -0.2) is 0 Å². The SMILES string of the molecule is OC1c2ccccc2C=CC1(c1ccccc1)C1CC1. The van der Waals surface area contributed by atoms with Gasteiger partial charge in [0.1, 0.15) is 0 Å².